The second-order valence-corrected chi connectivity index (χ2v) is 4.06. The maximum Gasteiger partial charge on any atom is 0.153 e. The number of hydrogen-bond acceptors (Lipinski definition) is 4. The Balaban J connectivity index is 2.03. The zero-order valence-electron chi connectivity index (χ0n) is 10.7. The minimum Gasteiger partial charge on any atom is -0.383 e. The summed E-state index contributed by atoms with van der Waals surface area (Å²) in [6.07, 6.45) is 6.43. The molecule has 2 aromatic heterocycles. The molecule has 0 aromatic carbocycles. The third-order valence-electron chi connectivity index (χ3n) is 2.72. The number of pyridine rings is 1. The Morgan fingerprint density at radius 3 is 2.89 bits per heavy atom. The largest absolute Gasteiger partial charge is 0.383 e. The number of anilines is 1. The van der Waals surface area contributed by atoms with Crippen LogP contribution in [0.2, 0.25) is 0 Å². The summed E-state index contributed by atoms with van der Waals surface area (Å²) >= 11 is 0. The van der Waals surface area contributed by atoms with Gasteiger partial charge in [0, 0.05) is 25.5 Å². The Bertz CT molecular complexity index is 452. The van der Waals surface area contributed by atoms with Crippen LogP contribution in [0, 0.1) is 0 Å². The first kappa shape index (κ1) is 12.6. The molecule has 96 valence electrons. The molecule has 0 aliphatic heterocycles. The molecule has 1 N–H and O–H groups in total. The van der Waals surface area contributed by atoms with Gasteiger partial charge in [0.15, 0.2) is 5.82 Å². The fourth-order valence-corrected chi connectivity index (χ4v) is 1.71. The summed E-state index contributed by atoms with van der Waals surface area (Å²) in [4.78, 5) is 4.37. The Morgan fingerprint density at radius 1 is 1.44 bits per heavy atom. The lowest BCUT2D eigenvalue weighted by molar-refractivity contribution is 0.184. The molecule has 2 aromatic rings. The first-order valence-electron chi connectivity index (χ1n) is 6.05. The summed E-state index contributed by atoms with van der Waals surface area (Å²) in [5.41, 5.74) is 0.995. The van der Waals surface area contributed by atoms with E-state index in [0.29, 0.717) is 12.6 Å². The van der Waals surface area contributed by atoms with Gasteiger partial charge >= 0.3 is 0 Å². The predicted octanol–water partition coefficient (Wildman–Crippen LogP) is 2.10. The van der Waals surface area contributed by atoms with E-state index in [2.05, 4.69) is 22.3 Å². The van der Waals surface area contributed by atoms with Crippen LogP contribution in [0.25, 0.3) is 5.82 Å². The van der Waals surface area contributed by atoms with Gasteiger partial charge in [-0.3, -0.25) is 0 Å². The van der Waals surface area contributed by atoms with Crippen molar-refractivity contribution in [2.45, 2.75) is 19.4 Å². The average Bonchev–Trinajstić information content (AvgIpc) is 2.93. The Morgan fingerprint density at radius 2 is 2.33 bits per heavy atom. The van der Waals surface area contributed by atoms with E-state index in [0.717, 1.165) is 17.9 Å². The van der Waals surface area contributed by atoms with E-state index in [4.69, 9.17) is 4.74 Å². The van der Waals surface area contributed by atoms with Gasteiger partial charge in [-0.05, 0) is 24.6 Å². The van der Waals surface area contributed by atoms with Gasteiger partial charge in [-0.1, -0.05) is 6.92 Å². The second-order valence-electron chi connectivity index (χ2n) is 4.06. The van der Waals surface area contributed by atoms with E-state index >= 15 is 0 Å². The monoisotopic (exact) mass is 246 g/mol. The number of nitrogens with zero attached hydrogens (tertiary/aromatic N) is 3. The van der Waals surface area contributed by atoms with Gasteiger partial charge in [0.2, 0.25) is 0 Å². The van der Waals surface area contributed by atoms with Crippen molar-refractivity contribution in [2.24, 2.45) is 0 Å². The molecule has 0 amide bonds. The lowest BCUT2D eigenvalue weighted by Crippen LogP contribution is -2.23. The highest BCUT2D eigenvalue weighted by atomic mass is 16.5. The molecule has 0 fully saturated rings. The van der Waals surface area contributed by atoms with Crippen LogP contribution in [0.3, 0.4) is 0 Å². The molecule has 2 heterocycles. The van der Waals surface area contributed by atoms with E-state index in [1.54, 1.807) is 18.0 Å². The molecule has 0 saturated heterocycles. The highest BCUT2D eigenvalue weighted by Crippen LogP contribution is 2.11. The summed E-state index contributed by atoms with van der Waals surface area (Å²) in [5, 5.41) is 7.52. The summed E-state index contributed by atoms with van der Waals surface area (Å²) in [7, 11) is 1.71. The van der Waals surface area contributed by atoms with Crippen molar-refractivity contribution in [2.75, 3.05) is 19.0 Å². The van der Waals surface area contributed by atoms with Crippen molar-refractivity contribution in [3.63, 3.8) is 0 Å². The fraction of sp³-hybridized carbons (Fsp3) is 0.385. The van der Waals surface area contributed by atoms with Crippen LogP contribution in [0.1, 0.15) is 13.3 Å². The van der Waals surface area contributed by atoms with Crippen molar-refractivity contribution in [1.29, 1.82) is 0 Å². The Kier molecular flexibility index (Phi) is 4.30. The first-order valence-corrected chi connectivity index (χ1v) is 6.05. The Labute approximate surface area is 107 Å². The van der Waals surface area contributed by atoms with Crippen molar-refractivity contribution in [3.8, 4) is 5.82 Å². The van der Waals surface area contributed by atoms with Gasteiger partial charge in [0.1, 0.15) is 0 Å². The van der Waals surface area contributed by atoms with E-state index in [1.165, 1.54) is 0 Å². The van der Waals surface area contributed by atoms with E-state index in [9.17, 15) is 0 Å². The third-order valence-corrected chi connectivity index (χ3v) is 2.72. The molecule has 2 rings (SSSR count). The first-order chi connectivity index (χ1) is 8.83. The van der Waals surface area contributed by atoms with Crippen molar-refractivity contribution in [1.82, 2.24) is 14.8 Å². The smallest absolute Gasteiger partial charge is 0.153 e. The van der Waals surface area contributed by atoms with Crippen LogP contribution in [0.4, 0.5) is 5.69 Å². The molecule has 0 bridgehead atoms. The minimum atomic E-state index is 0.312. The average molecular weight is 246 g/mol. The molecule has 18 heavy (non-hydrogen) atoms. The van der Waals surface area contributed by atoms with Crippen molar-refractivity contribution in [3.05, 3.63) is 36.8 Å². The fourth-order valence-electron chi connectivity index (χ4n) is 1.71. The van der Waals surface area contributed by atoms with Crippen LogP contribution in [-0.4, -0.2) is 34.5 Å². The molecule has 5 nitrogen and oxygen atoms in total. The third kappa shape index (κ3) is 3.07. The van der Waals surface area contributed by atoms with Crippen LogP contribution < -0.4 is 5.32 Å². The molecule has 0 aliphatic carbocycles. The SMILES string of the molecule is CCC(COC)Nc1ccc(-n2cccn2)nc1. The topological polar surface area (TPSA) is 52.0 Å². The molecule has 0 saturated carbocycles. The predicted molar refractivity (Wildman–Crippen MR) is 70.9 cm³/mol. The Hall–Kier alpha value is -1.88. The molecular weight excluding hydrogens is 228 g/mol. The van der Waals surface area contributed by atoms with Gasteiger partial charge in [-0.2, -0.15) is 5.10 Å². The van der Waals surface area contributed by atoms with Gasteiger partial charge in [-0.25, -0.2) is 9.67 Å². The normalized spacial score (nSPS) is 12.3. The van der Waals surface area contributed by atoms with E-state index < -0.39 is 0 Å². The number of rotatable bonds is 6. The summed E-state index contributed by atoms with van der Waals surface area (Å²) in [6, 6.07) is 6.13. The molecular formula is C13H18N4O. The molecule has 5 heteroatoms. The maximum absolute atomic E-state index is 5.15. The zero-order chi connectivity index (χ0) is 12.8. The lowest BCUT2D eigenvalue weighted by atomic mass is 10.2. The van der Waals surface area contributed by atoms with E-state index in [-0.39, 0.29) is 0 Å². The molecule has 0 aliphatic rings. The van der Waals surface area contributed by atoms with Gasteiger partial charge in [0.25, 0.3) is 0 Å². The summed E-state index contributed by atoms with van der Waals surface area (Å²) in [6.45, 7) is 2.82. The number of nitrogens with one attached hydrogen (secondary N) is 1. The molecule has 1 atom stereocenters. The summed E-state index contributed by atoms with van der Waals surface area (Å²) in [5.74, 6) is 0.810. The number of ether oxygens (including phenoxy) is 1. The molecule has 0 radical (unpaired) electrons. The standard InChI is InChI=1S/C13H18N4O/c1-3-11(10-18-2)16-12-5-6-13(14-9-12)17-8-4-7-15-17/h4-9,11,16H,3,10H2,1-2H3. The van der Waals surface area contributed by atoms with Crippen molar-refractivity contribution < 1.29 is 4.74 Å². The zero-order valence-corrected chi connectivity index (χ0v) is 10.7. The van der Waals surface area contributed by atoms with Gasteiger partial charge in [-0.15, -0.1) is 0 Å². The summed E-state index contributed by atoms with van der Waals surface area (Å²) < 4.78 is 6.89. The van der Waals surface area contributed by atoms with E-state index in [1.807, 2.05) is 30.6 Å². The number of aromatic nitrogens is 3. The maximum atomic E-state index is 5.15. The quantitative estimate of drug-likeness (QED) is 0.848. The highest BCUT2D eigenvalue weighted by Gasteiger charge is 2.05. The second kappa shape index (κ2) is 6.16. The van der Waals surface area contributed by atoms with Crippen LogP contribution in [0.5, 0.6) is 0 Å². The highest BCUT2D eigenvalue weighted by molar-refractivity contribution is 5.44. The number of methoxy groups -OCH3 is 1. The van der Waals surface area contributed by atoms with Gasteiger partial charge < -0.3 is 10.1 Å². The van der Waals surface area contributed by atoms with Crippen molar-refractivity contribution >= 4 is 5.69 Å². The molecule has 0 spiro atoms. The van der Waals surface area contributed by atoms with Gasteiger partial charge in [0.05, 0.1) is 18.5 Å². The van der Waals surface area contributed by atoms with Crippen LogP contribution in [0.15, 0.2) is 36.8 Å². The lowest BCUT2D eigenvalue weighted by Gasteiger charge is -2.17. The number of hydrogen-bond donors (Lipinski definition) is 1. The van der Waals surface area contributed by atoms with Crippen LogP contribution in [-0.2, 0) is 4.74 Å². The van der Waals surface area contributed by atoms with Crippen LogP contribution >= 0.6 is 0 Å². The molecule has 1 unspecified atom stereocenters. The minimum absolute atomic E-state index is 0.312.